The molecule has 1 amide bonds. The van der Waals surface area contributed by atoms with Crippen molar-refractivity contribution in [2.24, 2.45) is 0 Å². The Morgan fingerprint density at radius 3 is 2.57 bits per heavy atom. The third kappa shape index (κ3) is 4.85. The lowest BCUT2D eigenvalue weighted by atomic mass is 10.1. The van der Waals surface area contributed by atoms with Crippen molar-refractivity contribution in [2.45, 2.75) is 18.4 Å². The fourth-order valence-electron chi connectivity index (χ4n) is 3.24. The van der Waals surface area contributed by atoms with Gasteiger partial charge in [-0.1, -0.05) is 0 Å². The molecule has 1 N–H and O–H groups in total. The number of benzene rings is 1. The number of amides is 1. The number of hydrogen-bond donors (Lipinski definition) is 1. The molecule has 3 heterocycles. The Hall–Kier alpha value is -2.78. The van der Waals surface area contributed by atoms with E-state index in [9.17, 15) is 13.6 Å². The molecule has 4 rings (SSSR count). The van der Waals surface area contributed by atoms with Crippen LogP contribution in [0.3, 0.4) is 0 Å². The molecule has 1 aromatic carbocycles. The molecule has 0 radical (unpaired) electrons. The van der Waals surface area contributed by atoms with E-state index in [2.05, 4.69) is 24.3 Å². The highest BCUT2D eigenvalue weighted by Gasteiger charge is 2.27. The smallest absolute Gasteiger partial charge is 0.420 e. The van der Waals surface area contributed by atoms with Gasteiger partial charge in [0.15, 0.2) is 0 Å². The Labute approximate surface area is 180 Å². The Balaban J connectivity index is 1.55. The second-order valence-electron chi connectivity index (χ2n) is 6.69. The van der Waals surface area contributed by atoms with E-state index in [4.69, 9.17) is 11.6 Å². The van der Waals surface area contributed by atoms with Gasteiger partial charge in [-0.25, -0.2) is 9.36 Å². The van der Waals surface area contributed by atoms with Gasteiger partial charge < -0.3 is 15.0 Å². The third-order valence-corrected chi connectivity index (χ3v) is 5.44. The lowest BCUT2D eigenvalue weighted by molar-refractivity contribution is -0.0964. The van der Waals surface area contributed by atoms with Crippen LogP contribution in [0.2, 0.25) is 0 Å². The first-order valence-electron chi connectivity index (χ1n) is 9.22. The normalized spacial score (nSPS) is 14.0. The van der Waals surface area contributed by atoms with Crippen molar-refractivity contribution in [1.29, 1.82) is 0 Å². The maximum Gasteiger partial charge on any atom is 0.487 e. The molecule has 6 nitrogen and oxygen atoms in total. The second-order valence-corrected chi connectivity index (χ2v) is 7.97. The molecule has 0 saturated carbocycles. The van der Waals surface area contributed by atoms with E-state index < -0.39 is 5.57 Å². The molecule has 1 aliphatic heterocycles. The molecule has 2 aromatic heterocycles. The van der Waals surface area contributed by atoms with Crippen LogP contribution in [0.4, 0.5) is 20.3 Å². The number of ether oxygens (including phenoxy) is 1. The van der Waals surface area contributed by atoms with Crippen LogP contribution in [0.25, 0.3) is 10.4 Å². The van der Waals surface area contributed by atoms with Crippen LogP contribution in [0.5, 0.6) is 5.75 Å². The van der Waals surface area contributed by atoms with Gasteiger partial charge in [-0.3, -0.25) is 4.79 Å². The zero-order chi connectivity index (χ0) is 21.1. The van der Waals surface area contributed by atoms with E-state index in [0.717, 1.165) is 42.2 Å². The molecule has 0 bridgehead atoms. The first kappa shape index (κ1) is 20.5. The van der Waals surface area contributed by atoms with Gasteiger partial charge in [-0.05, 0) is 60.8 Å². The fourth-order valence-corrected chi connectivity index (χ4v) is 3.94. The van der Waals surface area contributed by atoms with E-state index in [0.29, 0.717) is 11.3 Å². The first-order valence-corrected chi connectivity index (χ1v) is 10.4. The van der Waals surface area contributed by atoms with Gasteiger partial charge >= 0.3 is 5.57 Å². The number of carbonyl (C=O) groups is 1. The van der Waals surface area contributed by atoms with Gasteiger partial charge in [0.2, 0.25) is 0 Å². The Bertz CT molecular complexity index is 1020. The summed E-state index contributed by atoms with van der Waals surface area (Å²) in [5, 5.41) is 2.73. The van der Waals surface area contributed by atoms with Crippen LogP contribution in [-0.4, -0.2) is 33.9 Å². The van der Waals surface area contributed by atoms with Crippen LogP contribution >= 0.6 is 23.1 Å². The van der Waals surface area contributed by atoms with Crippen molar-refractivity contribution in [1.82, 2.24) is 9.36 Å². The summed E-state index contributed by atoms with van der Waals surface area (Å²) in [5.74, 6) is 0.367. The van der Waals surface area contributed by atoms with Gasteiger partial charge in [-0.2, -0.15) is 0 Å². The van der Waals surface area contributed by atoms with E-state index in [1.165, 1.54) is 35.8 Å². The van der Waals surface area contributed by atoms with Gasteiger partial charge in [0.05, 0.1) is 10.4 Å². The number of nitrogens with zero attached hydrogens (tertiary/aromatic N) is 3. The van der Waals surface area contributed by atoms with Crippen LogP contribution in [0, 0.1) is 0 Å². The summed E-state index contributed by atoms with van der Waals surface area (Å²) in [6, 6.07) is 9.19. The van der Waals surface area contributed by atoms with E-state index in [1.807, 2.05) is 6.07 Å². The summed E-state index contributed by atoms with van der Waals surface area (Å²) in [4.78, 5) is 20.4. The molecule has 0 spiro atoms. The van der Waals surface area contributed by atoms with E-state index >= 15 is 0 Å². The van der Waals surface area contributed by atoms with Crippen molar-refractivity contribution >= 4 is 40.5 Å². The number of halogens is 3. The predicted molar refractivity (Wildman–Crippen MR) is 113 cm³/mol. The van der Waals surface area contributed by atoms with Crippen LogP contribution in [0.1, 0.15) is 23.2 Å². The molecule has 0 atom stereocenters. The minimum absolute atomic E-state index is 0.114. The summed E-state index contributed by atoms with van der Waals surface area (Å²) in [6.45, 7) is 1.86. The van der Waals surface area contributed by atoms with Crippen molar-refractivity contribution < 1.29 is 18.3 Å². The van der Waals surface area contributed by atoms with Gasteiger partial charge in [0.25, 0.3) is 5.91 Å². The minimum atomic E-state index is -3.79. The number of carbonyl (C=O) groups excluding carboxylic acids is 1. The quantitative estimate of drug-likeness (QED) is 0.521. The highest BCUT2D eigenvalue weighted by molar-refractivity contribution is 7.09. The first-order chi connectivity index (χ1) is 14.4. The third-order valence-electron chi connectivity index (χ3n) is 4.58. The molecule has 1 fully saturated rings. The van der Waals surface area contributed by atoms with Gasteiger partial charge in [0.1, 0.15) is 11.6 Å². The van der Waals surface area contributed by atoms with Crippen molar-refractivity contribution in [3.8, 4) is 16.2 Å². The number of anilines is 2. The molecule has 156 valence electrons. The molecule has 30 heavy (non-hydrogen) atoms. The molecule has 1 aliphatic rings. The lowest BCUT2D eigenvalue weighted by Gasteiger charge is -2.20. The maximum atomic E-state index is 12.7. The number of hydrogen-bond acceptors (Lipinski definition) is 6. The zero-order valence-electron chi connectivity index (χ0n) is 15.6. The maximum absolute atomic E-state index is 12.7. The average Bonchev–Trinajstić information content (AvgIpc) is 3.42. The molecule has 10 heteroatoms. The van der Waals surface area contributed by atoms with Crippen LogP contribution in [-0.2, 0) is 0 Å². The standard InChI is InChI=1S/C20H17ClF2N4O2S/c21-20(22,23)29-15-5-3-14(4-6-15)26-19(28)13-11-16(17-7-8-25-30-17)18(24-12-13)27-9-1-2-10-27/h3-8,11-12H,1-2,9-10H2,(H,26,28). The summed E-state index contributed by atoms with van der Waals surface area (Å²) in [7, 11) is 0. The minimum Gasteiger partial charge on any atom is -0.420 e. The molecule has 0 unspecified atom stereocenters. The average molecular weight is 451 g/mol. The van der Waals surface area contributed by atoms with E-state index in [1.54, 1.807) is 18.5 Å². The molecular weight excluding hydrogens is 434 g/mol. The summed E-state index contributed by atoms with van der Waals surface area (Å²) in [5.41, 5.74) is -2.12. The van der Waals surface area contributed by atoms with Crippen LogP contribution < -0.4 is 15.0 Å². The number of nitrogens with one attached hydrogen (secondary N) is 1. The molecule has 1 saturated heterocycles. The van der Waals surface area contributed by atoms with Gasteiger partial charge in [0, 0.05) is 48.3 Å². The highest BCUT2D eigenvalue weighted by Crippen LogP contribution is 2.34. The van der Waals surface area contributed by atoms with E-state index in [-0.39, 0.29) is 11.7 Å². The molecule has 3 aromatic rings. The Morgan fingerprint density at radius 2 is 1.93 bits per heavy atom. The summed E-state index contributed by atoms with van der Waals surface area (Å²) in [6.07, 6.45) is 5.48. The lowest BCUT2D eigenvalue weighted by Crippen LogP contribution is -2.21. The Morgan fingerprint density at radius 1 is 1.20 bits per heavy atom. The second kappa shape index (κ2) is 8.53. The highest BCUT2D eigenvalue weighted by atomic mass is 35.5. The Kier molecular flexibility index (Phi) is 5.83. The summed E-state index contributed by atoms with van der Waals surface area (Å²) >= 11 is 6.09. The van der Waals surface area contributed by atoms with Crippen molar-refractivity contribution in [3.63, 3.8) is 0 Å². The fraction of sp³-hybridized carbons (Fsp3) is 0.250. The van der Waals surface area contributed by atoms with Gasteiger partial charge in [-0.15, -0.1) is 8.78 Å². The SMILES string of the molecule is O=C(Nc1ccc(OC(F)(F)Cl)cc1)c1cnc(N2CCCC2)c(-c2ccns2)c1. The van der Waals surface area contributed by atoms with Crippen LogP contribution in [0.15, 0.2) is 48.8 Å². The predicted octanol–water partition coefficient (Wildman–Crippen LogP) is 5.23. The molecule has 0 aliphatic carbocycles. The zero-order valence-corrected chi connectivity index (χ0v) is 17.2. The monoisotopic (exact) mass is 450 g/mol. The topological polar surface area (TPSA) is 67.3 Å². The number of alkyl halides is 3. The number of aromatic nitrogens is 2. The van der Waals surface area contributed by atoms with Crippen molar-refractivity contribution in [3.05, 3.63) is 54.4 Å². The van der Waals surface area contributed by atoms with Crippen molar-refractivity contribution in [2.75, 3.05) is 23.3 Å². The summed E-state index contributed by atoms with van der Waals surface area (Å²) < 4.78 is 33.8. The number of rotatable bonds is 6. The largest absolute Gasteiger partial charge is 0.487 e. The molecular formula is C20H17ClF2N4O2S. The number of pyridine rings is 1.